The summed E-state index contributed by atoms with van der Waals surface area (Å²) in [5.74, 6) is -0.181. The summed E-state index contributed by atoms with van der Waals surface area (Å²) in [4.78, 5) is 27.2. The van der Waals surface area contributed by atoms with Gasteiger partial charge in [-0.15, -0.1) is 13.2 Å². The van der Waals surface area contributed by atoms with Crippen LogP contribution in [0, 0.1) is 0 Å². The van der Waals surface area contributed by atoms with Gasteiger partial charge in [0.1, 0.15) is 17.9 Å². The lowest BCUT2D eigenvalue weighted by Gasteiger charge is -2.38. The Bertz CT molecular complexity index is 1070. The highest BCUT2D eigenvalue weighted by Crippen LogP contribution is 2.31. The van der Waals surface area contributed by atoms with Gasteiger partial charge >= 0.3 is 6.36 Å². The number of anilines is 2. The van der Waals surface area contributed by atoms with E-state index in [-0.39, 0.29) is 17.4 Å². The summed E-state index contributed by atoms with van der Waals surface area (Å²) in [6.07, 6.45) is 1.29. The number of benzene rings is 1. The predicted octanol–water partition coefficient (Wildman–Crippen LogP) is 2.84. The van der Waals surface area contributed by atoms with Gasteiger partial charge in [0, 0.05) is 54.5 Å². The van der Waals surface area contributed by atoms with Gasteiger partial charge in [-0.2, -0.15) is 0 Å². The number of hydrogen-bond acceptors (Lipinski definition) is 7. The summed E-state index contributed by atoms with van der Waals surface area (Å²) < 4.78 is 40.6. The smallest absolute Gasteiger partial charge is 0.406 e. The van der Waals surface area contributed by atoms with E-state index in [0.29, 0.717) is 35.7 Å². The van der Waals surface area contributed by atoms with E-state index in [9.17, 15) is 18.0 Å². The number of nitrogens with two attached hydrogens (primary N) is 1. The number of nitrogens with one attached hydrogen (secondary N) is 1. The molecule has 3 aromatic rings. The minimum Gasteiger partial charge on any atom is -0.406 e. The molecule has 11 heteroatoms. The van der Waals surface area contributed by atoms with Crippen LogP contribution in [0.5, 0.6) is 5.75 Å². The number of nitrogens with zero attached hydrogens (tertiary/aromatic N) is 4. The Labute approximate surface area is 174 Å². The molecule has 0 spiro atoms. The predicted molar refractivity (Wildman–Crippen MR) is 107 cm³/mol. The first-order chi connectivity index (χ1) is 14.8. The van der Waals surface area contributed by atoms with Gasteiger partial charge in [0.05, 0.1) is 5.56 Å². The molecule has 160 valence electrons. The monoisotopic (exact) mass is 430 g/mol. The second-order valence-electron chi connectivity index (χ2n) is 6.91. The zero-order chi connectivity index (χ0) is 22.0. The van der Waals surface area contributed by atoms with Crippen molar-refractivity contribution in [1.82, 2.24) is 15.0 Å². The van der Waals surface area contributed by atoms with Gasteiger partial charge in [-0.1, -0.05) is 0 Å². The van der Waals surface area contributed by atoms with Gasteiger partial charge in [-0.3, -0.25) is 4.79 Å². The van der Waals surface area contributed by atoms with E-state index >= 15 is 0 Å². The van der Waals surface area contributed by atoms with Crippen LogP contribution in [0.15, 0.2) is 55.2 Å². The third kappa shape index (κ3) is 4.89. The van der Waals surface area contributed by atoms with Gasteiger partial charge in [-0.05, 0) is 30.3 Å². The molecule has 1 aromatic carbocycles. The molecule has 0 aliphatic carbocycles. The zero-order valence-corrected chi connectivity index (χ0v) is 16.0. The molecule has 0 atom stereocenters. The Hall–Kier alpha value is -3.73. The number of halogens is 3. The number of carbonyl (C=O) groups excluding carboxylic acids is 1. The molecule has 1 saturated heterocycles. The molecule has 0 radical (unpaired) electrons. The quantitative estimate of drug-likeness (QED) is 0.641. The average Bonchev–Trinajstić information content (AvgIpc) is 2.72. The number of hydrogen-bond donors (Lipinski definition) is 2. The van der Waals surface area contributed by atoms with Crippen LogP contribution in [0.25, 0.3) is 11.1 Å². The third-order valence-electron chi connectivity index (χ3n) is 4.56. The standard InChI is InChI=1S/C20H17F3N6O2/c21-20(22,23)31-16-3-1-15(2-4-16)28-19(30)12-5-17(13-6-25-11-26-7-13)18(27-8-12)29-9-14(24)10-29/h1-8,11,14H,9-10,24H2,(H,28,30). The van der Waals surface area contributed by atoms with Crippen LogP contribution in [0.1, 0.15) is 10.4 Å². The van der Waals surface area contributed by atoms with Crippen molar-refractivity contribution in [3.8, 4) is 16.9 Å². The largest absolute Gasteiger partial charge is 0.573 e. The number of ether oxygens (including phenoxy) is 1. The van der Waals surface area contributed by atoms with Gasteiger partial charge in [-0.25, -0.2) is 15.0 Å². The fraction of sp³-hybridized carbons (Fsp3) is 0.200. The highest BCUT2D eigenvalue weighted by atomic mass is 19.4. The molecule has 0 bridgehead atoms. The van der Waals surface area contributed by atoms with E-state index in [4.69, 9.17) is 5.73 Å². The maximum absolute atomic E-state index is 12.7. The summed E-state index contributed by atoms with van der Waals surface area (Å²) >= 11 is 0. The Balaban J connectivity index is 1.56. The van der Waals surface area contributed by atoms with E-state index in [1.54, 1.807) is 18.5 Å². The van der Waals surface area contributed by atoms with Gasteiger partial charge in [0.15, 0.2) is 0 Å². The fourth-order valence-electron chi connectivity index (χ4n) is 3.11. The minimum atomic E-state index is -4.78. The summed E-state index contributed by atoms with van der Waals surface area (Å²) in [7, 11) is 0. The Morgan fingerprint density at radius 3 is 2.42 bits per heavy atom. The van der Waals surface area contributed by atoms with Crippen LogP contribution >= 0.6 is 0 Å². The van der Waals surface area contributed by atoms with Crippen molar-refractivity contribution >= 4 is 17.4 Å². The van der Waals surface area contributed by atoms with Crippen molar-refractivity contribution in [3.63, 3.8) is 0 Å². The lowest BCUT2D eigenvalue weighted by molar-refractivity contribution is -0.274. The van der Waals surface area contributed by atoms with E-state index < -0.39 is 12.3 Å². The first-order valence-corrected chi connectivity index (χ1v) is 9.21. The summed E-state index contributed by atoms with van der Waals surface area (Å²) in [6.45, 7) is 1.29. The van der Waals surface area contributed by atoms with Crippen molar-refractivity contribution < 1.29 is 22.7 Å². The van der Waals surface area contributed by atoms with E-state index in [1.807, 2.05) is 4.90 Å². The van der Waals surface area contributed by atoms with Crippen LogP contribution in [0.3, 0.4) is 0 Å². The Kier molecular flexibility index (Phi) is 5.42. The Morgan fingerprint density at radius 1 is 1.13 bits per heavy atom. The number of pyridine rings is 1. The van der Waals surface area contributed by atoms with Crippen molar-refractivity contribution in [2.75, 3.05) is 23.3 Å². The van der Waals surface area contributed by atoms with Crippen LogP contribution in [-0.4, -0.2) is 46.4 Å². The van der Waals surface area contributed by atoms with E-state index in [2.05, 4.69) is 25.0 Å². The molecule has 1 amide bonds. The van der Waals surface area contributed by atoms with Crippen molar-refractivity contribution in [3.05, 3.63) is 60.8 Å². The second kappa shape index (κ2) is 8.19. The highest BCUT2D eigenvalue weighted by molar-refractivity contribution is 6.05. The minimum absolute atomic E-state index is 0.0638. The van der Waals surface area contributed by atoms with Crippen LogP contribution in [0.2, 0.25) is 0 Å². The summed E-state index contributed by atoms with van der Waals surface area (Å²) in [5.41, 5.74) is 7.81. The van der Waals surface area contributed by atoms with Crippen LogP contribution in [-0.2, 0) is 0 Å². The Morgan fingerprint density at radius 2 is 1.81 bits per heavy atom. The lowest BCUT2D eigenvalue weighted by atomic mass is 10.0. The molecular weight excluding hydrogens is 413 g/mol. The number of alkyl halides is 3. The van der Waals surface area contributed by atoms with Crippen LogP contribution in [0.4, 0.5) is 24.7 Å². The highest BCUT2D eigenvalue weighted by Gasteiger charge is 2.31. The molecule has 1 fully saturated rings. The SMILES string of the molecule is NC1CN(c2ncc(C(=O)Nc3ccc(OC(F)(F)F)cc3)cc2-c2cncnc2)C1. The first kappa shape index (κ1) is 20.5. The summed E-state index contributed by atoms with van der Waals surface area (Å²) in [6, 6.07) is 6.59. The maximum Gasteiger partial charge on any atom is 0.573 e. The van der Waals surface area contributed by atoms with Gasteiger partial charge < -0.3 is 20.7 Å². The molecule has 1 aliphatic heterocycles. The third-order valence-corrected chi connectivity index (χ3v) is 4.56. The molecule has 1 aliphatic rings. The van der Waals surface area contributed by atoms with Crippen LogP contribution < -0.4 is 20.7 Å². The summed E-state index contributed by atoms with van der Waals surface area (Å²) in [5, 5.41) is 2.63. The molecule has 3 N–H and O–H groups in total. The van der Waals surface area contributed by atoms with E-state index in [0.717, 1.165) is 12.1 Å². The fourth-order valence-corrected chi connectivity index (χ4v) is 3.11. The number of amides is 1. The molecule has 8 nitrogen and oxygen atoms in total. The average molecular weight is 430 g/mol. The maximum atomic E-state index is 12.7. The topological polar surface area (TPSA) is 106 Å². The molecule has 3 heterocycles. The molecule has 0 unspecified atom stereocenters. The van der Waals surface area contributed by atoms with Gasteiger partial charge in [0.2, 0.25) is 0 Å². The molecule has 4 rings (SSSR count). The second-order valence-corrected chi connectivity index (χ2v) is 6.91. The number of aromatic nitrogens is 3. The van der Waals surface area contributed by atoms with Gasteiger partial charge in [0.25, 0.3) is 5.91 Å². The van der Waals surface area contributed by atoms with Crippen molar-refractivity contribution in [2.24, 2.45) is 5.73 Å². The number of carbonyl (C=O) groups is 1. The molecular formula is C20H17F3N6O2. The molecule has 0 saturated carbocycles. The first-order valence-electron chi connectivity index (χ1n) is 9.21. The molecule has 31 heavy (non-hydrogen) atoms. The zero-order valence-electron chi connectivity index (χ0n) is 16.0. The number of rotatable bonds is 5. The molecule has 2 aromatic heterocycles. The van der Waals surface area contributed by atoms with Crippen molar-refractivity contribution in [1.29, 1.82) is 0 Å². The normalized spacial score (nSPS) is 14.1. The van der Waals surface area contributed by atoms with E-state index in [1.165, 1.54) is 24.7 Å². The lowest BCUT2D eigenvalue weighted by Crippen LogP contribution is -2.56. The van der Waals surface area contributed by atoms with Crippen molar-refractivity contribution in [2.45, 2.75) is 12.4 Å².